The molecule has 0 saturated carbocycles. The summed E-state index contributed by atoms with van der Waals surface area (Å²) in [5.74, 6) is -1.63. The fourth-order valence-corrected chi connectivity index (χ4v) is 5.44. The molecule has 4 aromatic rings. The SMILES string of the molecule is COc1c(Cl)cc(/C(O)=C2\C(=O)C(=O)N(c3nc4ccc(C)cc4[nH]3)C2c2ccc(C(C)(C)C)cc2)cc1Cl. The van der Waals surface area contributed by atoms with Gasteiger partial charge in [0, 0.05) is 5.56 Å². The van der Waals surface area contributed by atoms with Crippen molar-refractivity contribution < 1.29 is 19.4 Å². The van der Waals surface area contributed by atoms with Gasteiger partial charge in [-0.1, -0.05) is 74.3 Å². The zero-order valence-electron chi connectivity index (χ0n) is 22.1. The number of Topliss-reactive ketones (excluding diaryl/α,β-unsaturated/α-hetero) is 1. The number of ketones is 1. The van der Waals surface area contributed by atoms with Crippen molar-refractivity contribution in [3.05, 3.63) is 92.5 Å². The second-order valence-corrected chi connectivity index (χ2v) is 11.4. The number of aliphatic hydroxyl groups excluding tert-OH is 1. The number of methoxy groups -OCH3 is 1. The van der Waals surface area contributed by atoms with Gasteiger partial charge in [0.05, 0.1) is 39.8 Å². The minimum absolute atomic E-state index is 0.0996. The van der Waals surface area contributed by atoms with Crippen LogP contribution in [-0.4, -0.2) is 33.9 Å². The molecule has 2 heterocycles. The van der Waals surface area contributed by atoms with Gasteiger partial charge >= 0.3 is 5.91 Å². The molecule has 7 nitrogen and oxygen atoms in total. The van der Waals surface area contributed by atoms with Crippen LogP contribution in [0.1, 0.15) is 49.1 Å². The Bertz CT molecular complexity index is 1640. The van der Waals surface area contributed by atoms with E-state index >= 15 is 0 Å². The summed E-state index contributed by atoms with van der Waals surface area (Å²) in [5, 5.41) is 11.8. The van der Waals surface area contributed by atoms with Gasteiger partial charge in [0.25, 0.3) is 5.78 Å². The number of fused-ring (bicyclic) bond motifs is 1. The average Bonchev–Trinajstić information content (AvgIpc) is 3.40. The second kappa shape index (κ2) is 9.74. The Balaban J connectivity index is 1.73. The predicted octanol–water partition coefficient (Wildman–Crippen LogP) is 7.11. The van der Waals surface area contributed by atoms with Gasteiger partial charge in [0.2, 0.25) is 5.95 Å². The predicted molar refractivity (Wildman–Crippen MR) is 154 cm³/mol. The number of carbonyl (C=O) groups is 2. The highest BCUT2D eigenvalue weighted by Gasteiger charge is 2.48. The Kier molecular flexibility index (Phi) is 6.69. The number of ether oxygens (including phenoxy) is 1. The molecule has 0 spiro atoms. The van der Waals surface area contributed by atoms with E-state index in [0.717, 1.165) is 16.6 Å². The third-order valence-electron chi connectivity index (χ3n) is 6.87. The molecule has 2 N–H and O–H groups in total. The number of aromatic amines is 1. The molecule has 0 bridgehead atoms. The number of H-pyrrole nitrogens is 1. The molecule has 9 heteroatoms. The molecule has 1 atom stereocenters. The summed E-state index contributed by atoms with van der Waals surface area (Å²) in [7, 11) is 1.42. The van der Waals surface area contributed by atoms with Gasteiger partial charge in [-0.3, -0.25) is 14.5 Å². The van der Waals surface area contributed by atoms with Gasteiger partial charge < -0.3 is 14.8 Å². The second-order valence-electron chi connectivity index (χ2n) is 10.6. The quantitative estimate of drug-likeness (QED) is 0.157. The molecule has 39 heavy (non-hydrogen) atoms. The van der Waals surface area contributed by atoms with E-state index in [2.05, 4.69) is 30.7 Å². The van der Waals surface area contributed by atoms with Crippen LogP contribution in [-0.2, 0) is 15.0 Å². The molecule has 3 aromatic carbocycles. The lowest BCUT2D eigenvalue weighted by Crippen LogP contribution is -2.30. The maximum atomic E-state index is 13.5. The summed E-state index contributed by atoms with van der Waals surface area (Å²) in [6, 6.07) is 15.2. The average molecular weight is 564 g/mol. The van der Waals surface area contributed by atoms with Crippen molar-refractivity contribution in [1.82, 2.24) is 9.97 Å². The molecule has 1 saturated heterocycles. The van der Waals surface area contributed by atoms with E-state index in [-0.39, 0.29) is 38.3 Å². The number of rotatable bonds is 4. The molecular formula is C30H27Cl2N3O4. The molecule has 200 valence electrons. The molecular weight excluding hydrogens is 537 g/mol. The van der Waals surface area contributed by atoms with Crippen LogP contribution < -0.4 is 9.64 Å². The molecule has 1 amide bonds. The van der Waals surface area contributed by atoms with Crippen LogP contribution >= 0.6 is 23.2 Å². The third-order valence-corrected chi connectivity index (χ3v) is 7.43. The van der Waals surface area contributed by atoms with Crippen LogP contribution in [0.3, 0.4) is 0 Å². The molecule has 0 aliphatic carbocycles. The smallest absolute Gasteiger partial charge is 0.302 e. The van der Waals surface area contributed by atoms with Crippen molar-refractivity contribution in [2.24, 2.45) is 0 Å². The monoisotopic (exact) mass is 563 g/mol. The van der Waals surface area contributed by atoms with Gasteiger partial charge in [-0.15, -0.1) is 0 Å². The van der Waals surface area contributed by atoms with Crippen LogP contribution in [0.2, 0.25) is 10.0 Å². The molecule has 1 aliphatic rings. The Morgan fingerprint density at radius 3 is 2.26 bits per heavy atom. The van der Waals surface area contributed by atoms with Gasteiger partial charge in [-0.25, -0.2) is 4.98 Å². The number of hydrogen-bond acceptors (Lipinski definition) is 5. The number of carbonyl (C=O) groups excluding carboxylic acids is 2. The van der Waals surface area contributed by atoms with Gasteiger partial charge in [-0.2, -0.15) is 0 Å². The van der Waals surface area contributed by atoms with Gasteiger partial charge in [0.15, 0.2) is 5.75 Å². The number of halogens is 2. The minimum atomic E-state index is -0.958. The van der Waals surface area contributed by atoms with Crippen LogP contribution in [0.15, 0.2) is 60.2 Å². The zero-order chi connectivity index (χ0) is 28.2. The van der Waals surface area contributed by atoms with Crippen molar-refractivity contribution in [3.8, 4) is 5.75 Å². The number of nitrogens with zero attached hydrogens (tertiary/aromatic N) is 2. The first kappa shape index (κ1) is 26.8. The fourth-order valence-electron chi connectivity index (χ4n) is 4.80. The Morgan fingerprint density at radius 2 is 1.67 bits per heavy atom. The van der Waals surface area contributed by atoms with E-state index in [1.54, 1.807) is 0 Å². The highest BCUT2D eigenvalue weighted by Crippen LogP contribution is 2.44. The number of imidazole rings is 1. The Hall–Kier alpha value is -3.81. The molecule has 5 rings (SSSR count). The topological polar surface area (TPSA) is 95.5 Å². The summed E-state index contributed by atoms with van der Waals surface area (Å²) >= 11 is 12.7. The van der Waals surface area contributed by atoms with E-state index in [0.29, 0.717) is 11.1 Å². The first-order chi connectivity index (χ1) is 18.4. The van der Waals surface area contributed by atoms with Gasteiger partial charge in [0.1, 0.15) is 5.76 Å². The maximum absolute atomic E-state index is 13.5. The zero-order valence-corrected chi connectivity index (χ0v) is 23.6. The normalized spacial score (nSPS) is 17.3. The lowest BCUT2D eigenvalue weighted by molar-refractivity contribution is -0.132. The molecule has 1 aromatic heterocycles. The number of nitrogens with one attached hydrogen (secondary N) is 1. The van der Waals surface area contributed by atoms with Crippen LogP contribution in [0.25, 0.3) is 16.8 Å². The first-order valence-corrected chi connectivity index (χ1v) is 13.1. The van der Waals surface area contributed by atoms with E-state index in [1.165, 1.54) is 24.1 Å². The molecule has 1 aliphatic heterocycles. The number of hydrogen-bond donors (Lipinski definition) is 2. The first-order valence-electron chi connectivity index (χ1n) is 12.3. The van der Waals surface area contributed by atoms with Crippen molar-refractivity contribution >= 4 is 57.6 Å². The largest absolute Gasteiger partial charge is 0.507 e. The van der Waals surface area contributed by atoms with Crippen molar-refractivity contribution in [3.63, 3.8) is 0 Å². The Morgan fingerprint density at radius 1 is 1.03 bits per heavy atom. The number of benzene rings is 3. The van der Waals surface area contributed by atoms with E-state index in [4.69, 9.17) is 27.9 Å². The highest BCUT2D eigenvalue weighted by molar-refractivity contribution is 6.51. The van der Waals surface area contributed by atoms with E-state index in [1.807, 2.05) is 49.4 Å². The van der Waals surface area contributed by atoms with Crippen LogP contribution in [0, 0.1) is 6.92 Å². The maximum Gasteiger partial charge on any atom is 0.302 e. The Labute approximate surface area is 236 Å². The van der Waals surface area contributed by atoms with Crippen molar-refractivity contribution in [2.75, 3.05) is 12.0 Å². The van der Waals surface area contributed by atoms with E-state index in [9.17, 15) is 14.7 Å². The standard InChI is InChI=1S/C30H27Cl2N3O4/c1-15-6-11-21-22(12-15)34-29(33-21)35-24(16-7-9-18(10-8-16)30(2,3)4)23(26(37)28(35)38)25(36)17-13-19(31)27(39-5)20(32)14-17/h6-14,24,36H,1-5H3,(H,33,34)/b25-23+. The summed E-state index contributed by atoms with van der Waals surface area (Å²) in [5.41, 5.74) is 4.07. The molecule has 1 fully saturated rings. The minimum Gasteiger partial charge on any atom is -0.507 e. The van der Waals surface area contributed by atoms with Crippen LogP contribution in [0.5, 0.6) is 5.75 Å². The number of aryl methyl sites for hydroxylation is 1. The third kappa shape index (κ3) is 4.66. The number of amides is 1. The number of aromatic nitrogens is 2. The highest BCUT2D eigenvalue weighted by atomic mass is 35.5. The number of anilines is 1. The summed E-state index contributed by atoms with van der Waals surface area (Å²) in [4.78, 5) is 36.1. The van der Waals surface area contributed by atoms with Crippen molar-refractivity contribution in [2.45, 2.75) is 39.2 Å². The van der Waals surface area contributed by atoms with Crippen molar-refractivity contribution in [1.29, 1.82) is 0 Å². The van der Waals surface area contributed by atoms with E-state index < -0.39 is 23.5 Å². The molecule has 0 radical (unpaired) electrons. The van der Waals surface area contributed by atoms with Crippen LogP contribution in [0.4, 0.5) is 5.95 Å². The lowest BCUT2D eigenvalue weighted by atomic mass is 9.85. The molecule has 1 unspecified atom stereocenters. The lowest BCUT2D eigenvalue weighted by Gasteiger charge is -2.25. The summed E-state index contributed by atoms with van der Waals surface area (Å²) < 4.78 is 5.21. The fraction of sp³-hybridized carbons (Fsp3) is 0.233. The summed E-state index contributed by atoms with van der Waals surface area (Å²) in [6.45, 7) is 8.25. The number of aliphatic hydroxyl groups is 1. The summed E-state index contributed by atoms with van der Waals surface area (Å²) in [6.07, 6.45) is 0. The van der Waals surface area contributed by atoms with Gasteiger partial charge in [-0.05, 0) is 53.3 Å².